The number of rotatable bonds is 5. The fraction of sp³-hybridized carbons (Fsp3) is 0.261. The molecule has 2 aromatic carbocycles. The molecule has 1 fully saturated rings. The average Bonchev–Trinajstić information content (AvgIpc) is 2.77. The zero-order valence-corrected chi connectivity index (χ0v) is 17.4. The van der Waals surface area contributed by atoms with Crippen LogP contribution in [0.5, 0.6) is 5.75 Å². The van der Waals surface area contributed by atoms with Crippen LogP contribution in [0.25, 0.3) is 11.1 Å². The van der Waals surface area contributed by atoms with Crippen LogP contribution in [-0.4, -0.2) is 31.3 Å². The highest BCUT2D eigenvalue weighted by Crippen LogP contribution is 2.34. The normalized spacial score (nSPS) is 15.1. The fourth-order valence-electron chi connectivity index (χ4n) is 3.49. The average molecular weight is 428 g/mol. The summed E-state index contributed by atoms with van der Waals surface area (Å²) in [7, 11) is 0. The number of benzene rings is 2. The van der Waals surface area contributed by atoms with Crippen molar-refractivity contribution in [3.05, 3.63) is 71.1 Å². The molecule has 4 rings (SSSR count). The van der Waals surface area contributed by atoms with Crippen molar-refractivity contribution in [3.8, 4) is 16.9 Å². The zero-order chi connectivity index (χ0) is 21.1. The van der Waals surface area contributed by atoms with Gasteiger partial charge in [0.2, 0.25) is 0 Å². The van der Waals surface area contributed by atoms with E-state index in [-0.39, 0.29) is 11.6 Å². The summed E-state index contributed by atoms with van der Waals surface area (Å²) in [6.07, 6.45) is 1.23. The van der Waals surface area contributed by atoms with E-state index in [0.717, 1.165) is 43.1 Å². The van der Waals surface area contributed by atoms with Crippen LogP contribution in [0, 0.1) is 5.82 Å². The molecule has 0 spiro atoms. The summed E-state index contributed by atoms with van der Waals surface area (Å²) >= 11 is 6.21. The molecule has 1 aromatic heterocycles. The highest BCUT2D eigenvalue weighted by Gasteiger charge is 2.16. The number of nitrogens with zero attached hydrogens (tertiary/aromatic N) is 2. The number of ether oxygens (including phenoxy) is 2. The molecule has 3 aromatic rings. The first-order valence-corrected chi connectivity index (χ1v) is 10.2. The second-order valence-corrected chi connectivity index (χ2v) is 7.59. The van der Waals surface area contributed by atoms with Crippen molar-refractivity contribution >= 4 is 23.1 Å². The van der Waals surface area contributed by atoms with Crippen LogP contribution < -0.4 is 15.4 Å². The van der Waals surface area contributed by atoms with E-state index in [0.29, 0.717) is 16.3 Å². The molecule has 2 heterocycles. The summed E-state index contributed by atoms with van der Waals surface area (Å²) in [5, 5.41) is 0.435. The molecule has 1 saturated heterocycles. The first-order chi connectivity index (χ1) is 14.5. The Hall–Kier alpha value is -2.83. The fourth-order valence-corrected chi connectivity index (χ4v) is 3.76. The van der Waals surface area contributed by atoms with E-state index in [1.807, 2.05) is 18.2 Å². The molecule has 1 atom stereocenters. The van der Waals surface area contributed by atoms with Crippen LogP contribution in [-0.2, 0) is 4.74 Å². The van der Waals surface area contributed by atoms with Gasteiger partial charge in [0.25, 0.3) is 0 Å². The van der Waals surface area contributed by atoms with Crippen molar-refractivity contribution in [3.63, 3.8) is 0 Å². The maximum atomic E-state index is 13.6. The molecule has 0 amide bonds. The van der Waals surface area contributed by atoms with E-state index in [1.54, 1.807) is 13.1 Å². The Bertz CT molecular complexity index is 1040. The van der Waals surface area contributed by atoms with E-state index >= 15 is 0 Å². The molecule has 0 aliphatic carbocycles. The number of nitrogen functional groups attached to an aromatic ring is 1. The Kier molecular flexibility index (Phi) is 6.06. The van der Waals surface area contributed by atoms with Gasteiger partial charge in [-0.25, -0.2) is 9.37 Å². The van der Waals surface area contributed by atoms with E-state index in [1.165, 1.54) is 18.2 Å². The lowest BCUT2D eigenvalue weighted by molar-refractivity contribution is 0.122. The number of halogens is 2. The highest BCUT2D eigenvalue weighted by atomic mass is 35.5. The Morgan fingerprint density at radius 3 is 2.73 bits per heavy atom. The molecule has 156 valence electrons. The molecule has 5 nitrogen and oxygen atoms in total. The van der Waals surface area contributed by atoms with Crippen LogP contribution in [0.1, 0.15) is 18.6 Å². The number of anilines is 2. The van der Waals surface area contributed by atoms with Gasteiger partial charge in [0.15, 0.2) is 11.6 Å². The Morgan fingerprint density at radius 2 is 1.93 bits per heavy atom. The van der Waals surface area contributed by atoms with Gasteiger partial charge in [-0.1, -0.05) is 23.7 Å². The third-order valence-electron chi connectivity index (χ3n) is 5.14. The van der Waals surface area contributed by atoms with Crippen LogP contribution >= 0.6 is 11.6 Å². The lowest BCUT2D eigenvalue weighted by Gasteiger charge is -2.29. The molecular weight excluding hydrogens is 405 g/mol. The minimum atomic E-state index is -0.493. The molecule has 1 aliphatic heterocycles. The van der Waals surface area contributed by atoms with Gasteiger partial charge in [-0.15, -0.1) is 0 Å². The third-order valence-corrected chi connectivity index (χ3v) is 5.48. The zero-order valence-electron chi connectivity index (χ0n) is 16.6. The lowest BCUT2D eigenvalue weighted by Crippen LogP contribution is -2.36. The lowest BCUT2D eigenvalue weighted by atomic mass is 10.1. The van der Waals surface area contributed by atoms with Crippen molar-refractivity contribution < 1.29 is 13.9 Å². The van der Waals surface area contributed by atoms with Gasteiger partial charge < -0.3 is 20.1 Å². The summed E-state index contributed by atoms with van der Waals surface area (Å²) in [5.41, 5.74) is 9.62. The van der Waals surface area contributed by atoms with Crippen LogP contribution in [0.2, 0.25) is 5.02 Å². The van der Waals surface area contributed by atoms with Crippen molar-refractivity contribution in [2.24, 2.45) is 0 Å². The van der Waals surface area contributed by atoms with Crippen molar-refractivity contribution in [1.29, 1.82) is 0 Å². The van der Waals surface area contributed by atoms with Gasteiger partial charge in [0.1, 0.15) is 11.9 Å². The largest absolute Gasteiger partial charge is 0.482 e. The first kappa shape index (κ1) is 20.4. The van der Waals surface area contributed by atoms with Crippen LogP contribution in [0.4, 0.5) is 15.9 Å². The predicted octanol–water partition coefficient (Wildman–Crippen LogP) is 5.10. The number of nitrogens with two attached hydrogens (primary N) is 1. The summed E-state index contributed by atoms with van der Waals surface area (Å²) in [4.78, 5) is 6.59. The molecule has 0 radical (unpaired) electrons. The molecule has 1 unspecified atom stereocenters. The summed E-state index contributed by atoms with van der Waals surface area (Å²) in [6.45, 7) is 4.98. The molecule has 0 saturated carbocycles. The Balaban J connectivity index is 1.60. The third kappa shape index (κ3) is 4.50. The summed E-state index contributed by atoms with van der Waals surface area (Å²) in [6, 6.07) is 14.3. The van der Waals surface area contributed by atoms with Crippen molar-refractivity contribution in [2.45, 2.75) is 13.0 Å². The summed E-state index contributed by atoms with van der Waals surface area (Å²) in [5.74, 6) is 0.323. The maximum Gasteiger partial charge on any atom is 0.166 e. The number of hydrogen-bond donors (Lipinski definition) is 1. The molecule has 30 heavy (non-hydrogen) atoms. The minimum Gasteiger partial charge on any atom is -0.482 e. The Morgan fingerprint density at radius 1 is 1.13 bits per heavy atom. The van der Waals surface area contributed by atoms with Gasteiger partial charge >= 0.3 is 0 Å². The van der Waals surface area contributed by atoms with Gasteiger partial charge in [-0.3, -0.25) is 0 Å². The molecule has 1 aliphatic rings. The smallest absolute Gasteiger partial charge is 0.166 e. The minimum absolute atomic E-state index is 0.266. The number of pyridine rings is 1. The standard InChI is InChI=1S/C23H23ClFN3O2/c1-15(20-13-18(25)5-6-21(20)24)30-22-12-17(14-27-23(22)26)16-3-2-4-19(11-16)28-7-9-29-10-8-28/h2-6,11-15H,7-10H2,1H3,(H2,26,27). The Labute approximate surface area is 180 Å². The SMILES string of the molecule is CC(Oc1cc(-c2cccc(N3CCOCC3)c2)cnc1N)c1cc(F)ccc1Cl. The van der Waals surface area contributed by atoms with Crippen molar-refractivity contribution in [2.75, 3.05) is 36.9 Å². The van der Waals surface area contributed by atoms with Crippen molar-refractivity contribution in [1.82, 2.24) is 4.98 Å². The van der Waals surface area contributed by atoms with Gasteiger partial charge in [0, 0.05) is 41.1 Å². The number of hydrogen-bond acceptors (Lipinski definition) is 5. The van der Waals surface area contributed by atoms with E-state index in [4.69, 9.17) is 26.8 Å². The van der Waals surface area contributed by atoms with E-state index in [2.05, 4.69) is 22.0 Å². The highest BCUT2D eigenvalue weighted by molar-refractivity contribution is 6.31. The number of aromatic nitrogens is 1. The van der Waals surface area contributed by atoms with E-state index < -0.39 is 6.10 Å². The monoisotopic (exact) mass is 427 g/mol. The first-order valence-electron chi connectivity index (χ1n) is 9.81. The van der Waals surface area contributed by atoms with Gasteiger partial charge in [-0.2, -0.15) is 0 Å². The molecular formula is C23H23ClFN3O2. The van der Waals surface area contributed by atoms with Gasteiger partial charge in [0.05, 0.1) is 13.2 Å². The van der Waals surface area contributed by atoms with Crippen LogP contribution in [0.15, 0.2) is 54.7 Å². The van der Waals surface area contributed by atoms with E-state index in [9.17, 15) is 4.39 Å². The quantitative estimate of drug-likeness (QED) is 0.613. The van der Waals surface area contributed by atoms with Gasteiger partial charge in [-0.05, 0) is 48.9 Å². The second-order valence-electron chi connectivity index (χ2n) is 7.18. The second kappa shape index (κ2) is 8.90. The summed E-state index contributed by atoms with van der Waals surface area (Å²) < 4.78 is 25.1. The predicted molar refractivity (Wildman–Crippen MR) is 118 cm³/mol. The topological polar surface area (TPSA) is 60.6 Å². The number of morpholine rings is 1. The molecule has 0 bridgehead atoms. The van der Waals surface area contributed by atoms with Crippen LogP contribution in [0.3, 0.4) is 0 Å². The molecule has 7 heteroatoms. The molecule has 2 N–H and O–H groups in total. The maximum absolute atomic E-state index is 13.6.